The summed E-state index contributed by atoms with van der Waals surface area (Å²) in [5.74, 6) is -1.85. The highest BCUT2D eigenvalue weighted by Gasteiger charge is 2.34. The molecule has 0 unspecified atom stereocenters. The molecule has 0 bridgehead atoms. The Morgan fingerprint density at radius 1 is 1.03 bits per heavy atom. The van der Waals surface area contributed by atoms with Crippen LogP contribution in [0.15, 0.2) is 54.6 Å². The van der Waals surface area contributed by atoms with Gasteiger partial charge in [0, 0.05) is 13.0 Å². The van der Waals surface area contributed by atoms with Crippen molar-refractivity contribution in [2.45, 2.75) is 37.8 Å². The number of aliphatic hydroxyl groups excluding tert-OH is 1. The van der Waals surface area contributed by atoms with Gasteiger partial charge in [-0.3, -0.25) is 9.59 Å². The van der Waals surface area contributed by atoms with Gasteiger partial charge in [0.2, 0.25) is 11.8 Å². The Hall–Kier alpha value is -3.60. The number of benzene rings is 2. The number of aliphatic hydroxyl groups is 1. The molecule has 2 aromatic carbocycles. The number of primary amides is 1. The number of rotatable bonds is 10. The molecule has 0 radical (unpaired) electrons. The molecule has 8 nitrogen and oxygen atoms in total. The van der Waals surface area contributed by atoms with Crippen LogP contribution in [0.1, 0.15) is 23.1 Å². The third kappa shape index (κ3) is 8.81. The van der Waals surface area contributed by atoms with Crippen LogP contribution in [0.3, 0.4) is 0 Å². The fourth-order valence-corrected chi connectivity index (χ4v) is 2.93. The average molecular weight is 467 g/mol. The lowest BCUT2D eigenvalue weighted by Crippen LogP contribution is -2.47. The molecular formula is C22H24F3N3O5. The van der Waals surface area contributed by atoms with Crippen molar-refractivity contribution in [1.82, 2.24) is 10.6 Å². The van der Waals surface area contributed by atoms with Gasteiger partial charge in [0.1, 0.15) is 12.6 Å². The number of halogens is 3. The van der Waals surface area contributed by atoms with Gasteiger partial charge in [-0.05, 0) is 17.2 Å². The van der Waals surface area contributed by atoms with Gasteiger partial charge in [0.25, 0.3) is 0 Å². The fourth-order valence-electron chi connectivity index (χ4n) is 2.93. The number of alkyl halides is 3. The maximum atomic E-state index is 13.2. The molecule has 0 spiro atoms. The summed E-state index contributed by atoms with van der Waals surface area (Å²) < 4.78 is 44.4. The molecule has 0 heterocycles. The van der Waals surface area contributed by atoms with Crippen LogP contribution in [0.25, 0.3) is 0 Å². The van der Waals surface area contributed by atoms with Gasteiger partial charge in [-0.15, -0.1) is 0 Å². The highest BCUT2D eigenvalue weighted by Crippen LogP contribution is 2.32. The van der Waals surface area contributed by atoms with E-state index in [-0.39, 0.29) is 18.7 Å². The monoisotopic (exact) mass is 467 g/mol. The van der Waals surface area contributed by atoms with Crippen LogP contribution in [0.5, 0.6) is 0 Å². The van der Waals surface area contributed by atoms with Crippen molar-refractivity contribution in [1.29, 1.82) is 0 Å². The molecular weight excluding hydrogens is 443 g/mol. The number of carbonyl (C=O) groups excluding carboxylic acids is 3. The summed E-state index contributed by atoms with van der Waals surface area (Å²) in [6, 6.07) is 12.1. The molecule has 0 aliphatic heterocycles. The third-order valence-corrected chi connectivity index (χ3v) is 4.54. The van der Waals surface area contributed by atoms with E-state index in [9.17, 15) is 32.7 Å². The number of carbonyl (C=O) groups is 3. The van der Waals surface area contributed by atoms with Crippen molar-refractivity contribution < 1.29 is 37.4 Å². The van der Waals surface area contributed by atoms with Gasteiger partial charge in [-0.25, -0.2) is 4.79 Å². The van der Waals surface area contributed by atoms with E-state index in [1.54, 1.807) is 24.3 Å². The van der Waals surface area contributed by atoms with Gasteiger partial charge < -0.3 is 26.2 Å². The molecule has 5 N–H and O–H groups in total. The zero-order valence-corrected chi connectivity index (χ0v) is 17.5. The van der Waals surface area contributed by atoms with Crippen LogP contribution in [-0.2, 0) is 33.5 Å². The first-order valence-corrected chi connectivity index (χ1v) is 9.92. The number of amides is 3. The molecule has 11 heteroatoms. The quantitative estimate of drug-likeness (QED) is 0.424. The van der Waals surface area contributed by atoms with E-state index >= 15 is 0 Å². The molecule has 0 aliphatic rings. The Labute approximate surface area is 187 Å². The maximum Gasteiger partial charge on any atom is 0.416 e. The van der Waals surface area contributed by atoms with Crippen LogP contribution < -0.4 is 16.4 Å². The smallest absolute Gasteiger partial charge is 0.416 e. The van der Waals surface area contributed by atoms with Crippen molar-refractivity contribution in [3.8, 4) is 0 Å². The average Bonchev–Trinajstić information content (AvgIpc) is 2.76. The van der Waals surface area contributed by atoms with Gasteiger partial charge in [0.15, 0.2) is 0 Å². The Kier molecular flexibility index (Phi) is 9.22. The van der Waals surface area contributed by atoms with Gasteiger partial charge in [-0.1, -0.05) is 48.5 Å². The summed E-state index contributed by atoms with van der Waals surface area (Å²) >= 11 is 0. The van der Waals surface area contributed by atoms with E-state index < -0.39 is 54.6 Å². The molecule has 0 saturated heterocycles. The first kappa shape index (κ1) is 25.7. The lowest BCUT2D eigenvalue weighted by atomic mass is 9.99. The first-order chi connectivity index (χ1) is 15.6. The normalized spacial score (nSPS) is 13.0. The minimum atomic E-state index is -4.64. The second-order valence-corrected chi connectivity index (χ2v) is 7.18. The van der Waals surface area contributed by atoms with Crippen LogP contribution in [0.4, 0.5) is 18.0 Å². The van der Waals surface area contributed by atoms with Crippen LogP contribution >= 0.6 is 0 Å². The number of nitrogens with two attached hydrogens (primary N) is 1. The summed E-state index contributed by atoms with van der Waals surface area (Å²) in [6.45, 7) is -0.303. The van der Waals surface area contributed by atoms with Crippen molar-refractivity contribution in [3.05, 3.63) is 71.3 Å². The zero-order valence-electron chi connectivity index (χ0n) is 17.5. The van der Waals surface area contributed by atoms with Crippen LogP contribution in [0.2, 0.25) is 0 Å². The second-order valence-electron chi connectivity index (χ2n) is 7.18. The first-order valence-electron chi connectivity index (χ1n) is 9.92. The van der Waals surface area contributed by atoms with E-state index in [0.29, 0.717) is 0 Å². The molecule has 0 aliphatic carbocycles. The largest absolute Gasteiger partial charge is 0.445 e. The maximum absolute atomic E-state index is 13.2. The summed E-state index contributed by atoms with van der Waals surface area (Å²) in [5, 5.41) is 14.5. The number of ether oxygens (including phenoxy) is 1. The molecule has 2 atom stereocenters. The fraction of sp³-hybridized carbons (Fsp3) is 0.318. The SMILES string of the molecule is NC(=O)[C@H](Cc1ccccc1C(F)(F)F)NC(=O)C[C@H](O)CNC(=O)OCc1ccccc1. The summed E-state index contributed by atoms with van der Waals surface area (Å²) in [6.07, 6.45) is -7.78. The van der Waals surface area contributed by atoms with E-state index in [1.807, 2.05) is 6.07 Å². The van der Waals surface area contributed by atoms with Crippen molar-refractivity contribution >= 4 is 17.9 Å². The minimum absolute atomic E-state index is 0.0168. The molecule has 2 aromatic rings. The van der Waals surface area contributed by atoms with E-state index in [2.05, 4.69) is 10.6 Å². The lowest BCUT2D eigenvalue weighted by Gasteiger charge is -2.19. The van der Waals surface area contributed by atoms with Crippen molar-refractivity contribution in [2.75, 3.05) is 6.54 Å². The minimum Gasteiger partial charge on any atom is -0.445 e. The molecule has 33 heavy (non-hydrogen) atoms. The number of alkyl carbamates (subject to hydrolysis) is 1. The number of nitrogens with one attached hydrogen (secondary N) is 2. The van der Waals surface area contributed by atoms with Crippen LogP contribution in [0, 0.1) is 0 Å². The Morgan fingerprint density at radius 3 is 2.30 bits per heavy atom. The summed E-state index contributed by atoms with van der Waals surface area (Å²) in [7, 11) is 0. The van der Waals surface area contributed by atoms with Gasteiger partial charge >= 0.3 is 12.3 Å². The molecule has 0 aromatic heterocycles. The zero-order chi connectivity index (χ0) is 24.4. The standard InChI is InChI=1S/C22H24F3N3O5/c23-22(24,25)17-9-5-4-8-15(17)10-18(20(26)31)28-19(30)11-16(29)12-27-21(32)33-13-14-6-2-1-3-7-14/h1-9,16,18,29H,10-13H2,(H2,26,31)(H,27,32)(H,28,30)/t16-,18-/m0/s1. The van der Waals surface area contributed by atoms with Gasteiger partial charge in [0.05, 0.1) is 18.1 Å². The third-order valence-electron chi connectivity index (χ3n) is 4.54. The Morgan fingerprint density at radius 2 is 1.67 bits per heavy atom. The van der Waals surface area contributed by atoms with Crippen molar-refractivity contribution in [3.63, 3.8) is 0 Å². The highest BCUT2D eigenvalue weighted by molar-refractivity contribution is 5.87. The molecule has 178 valence electrons. The molecule has 0 fully saturated rings. The summed E-state index contributed by atoms with van der Waals surface area (Å²) in [5.41, 5.74) is 4.84. The van der Waals surface area contributed by atoms with Crippen LogP contribution in [-0.4, -0.2) is 41.7 Å². The Balaban J connectivity index is 1.83. The molecule has 2 rings (SSSR count). The predicted octanol–water partition coefficient (Wildman–Crippen LogP) is 1.90. The second kappa shape index (κ2) is 11.9. The highest BCUT2D eigenvalue weighted by atomic mass is 19.4. The topological polar surface area (TPSA) is 131 Å². The lowest BCUT2D eigenvalue weighted by molar-refractivity contribution is -0.138. The molecule has 0 saturated carbocycles. The Bertz CT molecular complexity index is 954. The number of hydrogen-bond acceptors (Lipinski definition) is 5. The van der Waals surface area contributed by atoms with Crippen molar-refractivity contribution in [2.24, 2.45) is 5.73 Å². The molecule has 3 amide bonds. The van der Waals surface area contributed by atoms with E-state index in [4.69, 9.17) is 10.5 Å². The van der Waals surface area contributed by atoms with E-state index in [0.717, 1.165) is 11.6 Å². The van der Waals surface area contributed by atoms with Gasteiger partial charge in [-0.2, -0.15) is 13.2 Å². The summed E-state index contributed by atoms with van der Waals surface area (Å²) in [4.78, 5) is 35.5. The van der Waals surface area contributed by atoms with E-state index in [1.165, 1.54) is 18.2 Å². The number of hydrogen-bond donors (Lipinski definition) is 4. The predicted molar refractivity (Wildman–Crippen MR) is 112 cm³/mol.